The fourth-order valence-corrected chi connectivity index (χ4v) is 3.65. The average molecular weight is 377 g/mol. The minimum Gasteiger partial charge on any atom is -0.465 e. The number of hydrogen-bond acceptors (Lipinski definition) is 2. The number of rotatable bonds is 17. The lowest BCUT2D eigenvalue weighted by Gasteiger charge is -2.16. The van der Waals surface area contributed by atoms with Gasteiger partial charge in [-0.25, -0.2) is 0 Å². The number of unbranched alkanes of at least 4 members (excludes halogenated alkanes) is 12. The van der Waals surface area contributed by atoms with E-state index in [1.807, 2.05) is 0 Å². The van der Waals surface area contributed by atoms with E-state index in [1.165, 1.54) is 83.5 Å². The largest absolute Gasteiger partial charge is 0.465 e. The first kappa shape index (κ1) is 24.0. The number of esters is 1. The fraction of sp³-hybridized carbons (Fsp3) is 0.800. The third kappa shape index (κ3) is 14.7. The molecule has 0 aromatic carbocycles. The first-order chi connectivity index (χ1) is 13.3. The molecule has 0 aromatic heterocycles. The van der Waals surface area contributed by atoms with E-state index < -0.39 is 0 Å². The molecule has 0 bridgehead atoms. The van der Waals surface area contributed by atoms with Gasteiger partial charge < -0.3 is 4.74 Å². The van der Waals surface area contributed by atoms with Crippen LogP contribution in [0, 0.1) is 5.92 Å². The highest BCUT2D eigenvalue weighted by molar-refractivity contribution is 5.72. The maximum absolute atomic E-state index is 11.9. The van der Waals surface area contributed by atoms with Crippen LogP contribution in [-0.2, 0) is 9.53 Å². The Kier molecular flexibility index (Phi) is 16.3. The van der Waals surface area contributed by atoms with E-state index >= 15 is 0 Å². The average Bonchev–Trinajstić information content (AvgIpc) is 2.70. The number of carbonyl (C=O) groups excluding carboxylic acids is 1. The standard InChI is InChI=1S/C25H44O2/c1-2-3-4-5-6-7-8-9-10-11-12-13-14-15-16-20-23-27-25(26)24-21-18-17-19-22-24/h9-10,17-18,24H,2-8,11-16,19-23H2,1H3/b10-9+. The highest BCUT2D eigenvalue weighted by Crippen LogP contribution is 2.19. The van der Waals surface area contributed by atoms with Gasteiger partial charge in [0.15, 0.2) is 0 Å². The molecule has 0 aromatic rings. The van der Waals surface area contributed by atoms with Gasteiger partial charge in [-0.1, -0.05) is 89.0 Å². The van der Waals surface area contributed by atoms with Gasteiger partial charge in [-0.15, -0.1) is 0 Å². The first-order valence-corrected chi connectivity index (χ1v) is 11.8. The number of allylic oxidation sites excluding steroid dienone is 4. The molecular formula is C25H44O2. The molecule has 0 amide bonds. The predicted molar refractivity (Wildman–Crippen MR) is 117 cm³/mol. The van der Waals surface area contributed by atoms with E-state index in [4.69, 9.17) is 4.74 Å². The molecule has 1 aliphatic carbocycles. The third-order valence-electron chi connectivity index (χ3n) is 5.50. The molecule has 0 heterocycles. The highest BCUT2D eigenvalue weighted by atomic mass is 16.5. The van der Waals surface area contributed by atoms with Crippen molar-refractivity contribution in [2.45, 2.75) is 116 Å². The quantitative estimate of drug-likeness (QED) is 0.146. The minimum absolute atomic E-state index is 0.0205. The van der Waals surface area contributed by atoms with Gasteiger partial charge in [0.25, 0.3) is 0 Å². The molecule has 0 radical (unpaired) electrons. The monoisotopic (exact) mass is 376 g/mol. The Morgan fingerprint density at radius 1 is 0.852 bits per heavy atom. The van der Waals surface area contributed by atoms with E-state index in [0.29, 0.717) is 6.61 Å². The number of hydrogen-bond donors (Lipinski definition) is 0. The van der Waals surface area contributed by atoms with Crippen LogP contribution in [0.4, 0.5) is 0 Å². The van der Waals surface area contributed by atoms with Crippen molar-refractivity contribution in [2.24, 2.45) is 5.92 Å². The Bertz CT molecular complexity index is 397. The molecule has 0 fully saturated rings. The van der Waals surface area contributed by atoms with Crippen LogP contribution in [0.25, 0.3) is 0 Å². The van der Waals surface area contributed by atoms with E-state index in [2.05, 4.69) is 31.2 Å². The van der Waals surface area contributed by atoms with Crippen molar-refractivity contribution < 1.29 is 9.53 Å². The van der Waals surface area contributed by atoms with Crippen LogP contribution in [0.5, 0.6) is 0 Å². The second-order valence-corrected chi connectivity index (χ2v) is 8.09. The van der Waals surface area contributed by atoms with Gasteiger partial charge in [0.1, 0.15) is 0 Å². The molecule has 2 heteroatoms. The lowest BCUT2D eigenvalue weighted by molar-refractivity contribution is -0.148. The van der Waals surface area contributed by atoms with Gasteiger partial charge in [0, 0.05) is 0 Å². The van der Waals surface area contributed by atoms with Crippen LogP contribution in [0.3, 0.4) is 0 Å². The molecule has 0 saturated heterocycles. The molecule has 1 aliphatic rings. The predicted octanol–water partition coefficient (Wildman–Crippen LogP) is 7.92. The Morgan fingerprint density at radius 2 is 1.44 bits per heavy atom. The van der Waals surface area contributed by atoms with Gasteiger partial charge in [-0.2, -0.15) is 0 Å². The van der Waals surface area contributed by atoms with Crippen molar-refractivity contribution in [1.82, 2.24) is 0 Å². The number of ether oxygens (including phenoxy) is 1. The van der Waals surface area contributed by atoms with E-state index in [1.54, 1.807) is 0 Å². The Labute approximate surface area is 168 Å². The van der Waals surface area contributed by atoms with E-state index in [9.17, 15) is 4.79 Å². The molecule has 2 nitrogen and oxygen atoms in total. The SMILES string of the molecule is CCCCCCCC/C=C/CCCCCCCCOC(=O)C1CC=CCC1. The van der Waals surface area contributed by atoms with E-state index in [0.717, 1.165) is 25.7 Å². The lowest BCUT2D eigenvalue weighted by atomic mass is 9.95. The lowest BCUT2D eigenvalue weighted by Crippen LogP contribution is -2.19. The normalized spacial score (nSPS) is 16.9. The molecule has 0 saturated carbocycles. The summed E-state index contributed by atoms with van der Waals surface area (Å²) in [7, 11) is 0. The summed E-state index contributed by atoms with van der Waals surface area (Å²) in [5, 5.41) is 0. The van der Waals surface area contributed by atoms with Crippen LogP contribution >= 0.6 is 0 Å². The smallest absolute Gasteiger partial charge is 0.309 e. The van der Waals surface area contributed by atoms with Crippen LogP contribution in [-0.4, -0.2) is 12.6 Å². The molecule has 0 spiro atoms. The Hall–Kier alpha value is -1.05. The van der Waals surface area contributed by atoms with Crippen LogP contribution in [0.1, 0.15) is 116 Å². The van der Waals surface area contributed by atoms with Crippen LogP contribution in [0.2, 0.25) is 0 Å². The molecule has 1 atom stereocenters. The molecule has 0 N–H and O–H groups in total. The maximum atomic E-state index is 11.9. The fourth-order valence-electron chi connectivity index (χ4n) is 3.65. The maximum Gasteiger partial charge on any atom is 0.309 e. The van der Waals surface area contributed by atoms with Crippen molar-refractivity contribution >= 4 is 5.97 Å². The summed E-state index contributed by atoms with van der Waals surface area (Å²) in [5.41, 5.74) is 0. The van der Waals surface area contributed by atoms with Crippen molar-refractivity contribution in [3.63, 3.8) is 0 Å². The second-order valence-electron chi connectivity index (χ2n) is 8.09. The van der Waals surface area contributed by atoms with Crippen molar-refractivity contribution in [3.8, 4) is 0 Å². The number of carbonyl (C=O) groups is 1. The first-order valence-electron chi connectivity index (χ1n) is 11.8. The summed E-state index contributed by atoms with van der Waals surface area (Å²) in [5.74, 6) is 0.135. The zero-order valence-electron chi connectivity index (χ0n) is 17.9. The van der Waals surface area contributed by atoms with Gasteiger partial charge in [0.2, 0.25) is 0 Å². The zero-order chi connectivity index (χ0) is 19.4. The van der Waals surface area contributed by atoms with Gasteiger partial charge in [-0.05, 0) is 51.4 Å². The summed E-state index contributed by atoms with van der Waals surface area (Å²) >= 11 is 0. The highest BCUT2D eigenvalue weighted by Gasteiger charge is 2.19. The summed E-state index contributed by atoms with van der Waals surface area (Å²) in [6, 6.07) is 0. The molecule has 27 heavy (non-hydrogen) atoms. The molecule has 1 unspecified atom stereocenters. The van der Waals surface area contributed by atoms with Gasteiger partial charge in [0.05, 0.1) is 12.5 Å². The Morgan fingerprint density at radius 3 is 2.04 bits per heavy atom. The van der Waals surface area contributed by atoms with Crippen LogP contribution in [0.15, 0.2) is 24.3 Å². The Balaban J connectivity index is 1.77. The van der Waals surface area contributed by atoms with Crippen LogP contribution < -0.4 is 0 Å². The van der Waals surface area contributed by atoms with Gasteiger partial charge in [-0.3, -0.25) is 4.79 Å². The summed E-state index contributed by atoms with van der Waals surface area (Å²) < 4.78 is 5.42. The van der Waals surface area contributed by atoms with Crippen molar-refractivity contribution in [2.75, 3.05) is 6.61 Å². The van der Waals surface area contributed by atoms with Gasteiger partial charge >= 0.3 is 5.97 Å². The summed E-state index contributed by atoms with van der Waals surface area (Å²) in [4.78, 5) is 11.9. The zero-order valence-corrected chi connectivity index (χ0v) is 17.9. The minimum atomic E-state index is 0.0205. The van der Waals surface area contributed by atoms with Crippen molar-refractivity contribution in [3.05, 3.63) is 24.3 Å². The third-order valence-corrected chi connectivity index (χ3v) is 5.50. The molecule has 156 valence electrons. The summed E-state index contributed by atoms with van der Waals surface area (Å²) in [6.07, 6.45) is 30.2. The summed E-state index contributed by atoms with van der Waals surface area (Å²) in [6.45, 7) is 2.89. The topological polar surface area (TPSA) is 26.3 Å². The molecule has 1 rings (SSSR count). The van der Waals surface area contributed by atoms with E-state index in [-0.39, 0.29) is 11.9 Å². The molecular weight excluding hydrogens is 332 g/mol. The second kappa shape index (κ2) is 18.3. The molecule has 0 aliphatic heterocycles. The van der Waals surface area contributed by atoms with Crippen molar-refractivity contribution in [1.29, 1.82) is 0 Å².